The average molecular weight is 402 g/mol. The Morgan fingerprint density at radius 2 is 1.90 bits per heavy atom. The van der Waals surface area contributed by atoms with Crippen molar-refractivity contribution in [2.24, 2.45) is 0 Å². The number of carbonyl (C=O) groups excluding carboxylic acids is 2. The topological polar surface area (TPSA) is 116 Å². The lowest BCUT2D eigenvalue weighted by Crippen LogP contribution is -2.50. The molecule has 156 valence electrons. The van der Waals surface area contributed by atoms with Crippen LogP contribution in [0.4, 0.5) is 0 Å². The molecule has 0 radical (unpaired) electrons. The van der Waals surface area contributed by atoms with Crippen molar-refractivity contribution in [3.63, 3.8) is 0 Å². The molecule has 0 spiro atoms. The Hall–Kier alpha value is -2.88. The number of aromatic hydroxyl groups is 1. The number of rotatable bonds is 8. The molecule has 1 atom stereocenters. The molecule has 2 amide bonds. The van der Waals surface area contributed by atoms with E-state index in [2.05, 4.69) is 15.5 Å². The molecule has 1 fully saturated rings. The summed E-state index contributed by atoms with van der Waals surface area (Å²) in [4.78, 5) is 27.1. The van der Waals surface area contributed by atoms with Crippen molar-refractivity contribution in [1.82, 2.24) is 20.1 Å². The van der Waals surface area contributed by atoms with Crippen LogP contribution < -0.4 is 10.6 Å². The Labute approximate surface area is 168 Å². The van der Waals surface area contributed by atoms with Gasteiger partial charge in [-0.15, -0.1) is 0 Å². The second kappa shape index (κ2) is 10.1. The van der Waals surface area contributed by atoms with E-state index in [-0.39, 0.29) is 11.3 Å². The molecule has 9 nitrogen and oxygen atoms in total. The summed E-state index contributed by atoms with van der Waals surface area (Å²) >= 11 is 0. The summed E-state index contributed by atoms with van der Waals surface area (Å²) in [6.07, 6.45) is 3.62. The number of nitrogens with zero attached hydrogens (tertiary/aromatic N) is 2. The Kier molecular flexibility index (Phi) is 7.23. The van der Waals surface area contributed by atoms with E-state index in [4.69, 9.17) is 4.74 Å². The first-order chi connectivity index (χ1) is 14.1. The molecule has 9 heteroatoms. The third kappa shape index (κ3) is 5.57. The average Bonchev–Trinajstić information content (AvgIpc) is 3.27. The zero-order valence-electron chi connectivity index (χ0n) is 16.1. The molecule has 1 unspecified atom stereocenters. The number of aromatic nitrogens is 1. The van der Waals surface area contributed by atoms with E-state index in [0.717, 1.165) is 13.1 Å². The van der Waals surface area contributed by atoms with Crippen LogP contribution in [-0.4, -0.2) is 83.5 Å². The van der Waals surface area contributed by atoms with Crippen molar-refractivity contribution in [3.8, 4) is 11.4 Å². The Balaban J connectivity index is 1.57. The van der Waals surface area contributed by atoms with Crippen LogP contribution in [0.3, 0.4) is 0 Å². The van der Waals surface area contributed by atoms with Gasteiger partial charge in [-0.25, -0.2) is 0 Å². The van der Waals surface area contributed by atoms with Crippen LogP contribution in [0.1, 0.15) is 10.4 Å². The zero-order chi connectivity index (χ0) is 20.6. The molecule has 3 rings (SSSR count). The van der Waals surface area contributed by atoms with Gasteiger partial charge in [0, 0.05) is 44.3 Å². The van der Waals surface area contributed by atoms with E-state index in [9.17, 15) is 19.8 Å². The quantitative estimate of drug-likeness (QED) is 0.483. The van der Waals surface area contributed by atoms with Crippen molar-refractivity contribution in [1.29, 1.82) is 0 Å². The molecular formula is C20H26N4O5. The minimum Gasteiger partial charge on any atom is -0.507 e. The first kappa shape index (κ1) is 20.8. The number of aliphatic hydroxyl groups is 1. The van der Waals surface area contributed by atoms with Crippen molar-refractivity contribution in [3.05, 3.63) is 48.3 Å². The number of aliphatic hydroxyl groups excluding tert-OH is 1. The zero-order valence-corrected chi connectivity index (χ0v) is 16.1. The van der Waals surface area contributed by atoms with Crippen LogP contribution in [-0.2, 0) is 9.53 Å². The van der Waals surface area contributed by atoms with Gasteiger partial charge in [0.1, 0.15) is 11.8 Å². The van der Waals surface area contributed by atoms with Crippen molar-refractivity contribution in [2.75, 3.05) is 46.0 Å². The third-order valence-electron chi connectivity index (χ3n) is 4.76. The van der Waals surface area contributed by atoms with E-state index in [1.165, 1.54) is 12.1 Å². The summed E-state index contributed by atoms with van der Waals surface area (Å²) in [5, 5.41) is 24.8. The van der Waals surface area contributed by atoms with Gasteiger partial charge >= 0.3 is 0 Å². The normalized spacial score (nSPS) is 15.6. The highest BCUT2D eigenvalue weighted by molar-refractivity contribution is 6.00. The van der Waals surface area contributed by atoms with Crippen LogP contribution in [0.5, 0.6) is 5.75 Å². The molecule has 4 N–H and O–H groups in total. The molecule has 2 aromatic rings. The van der Waals surface area contributed by atoms with E-state index in [0.29, 0.717) is 32.0 Å². The van der Waals surface area contributed by atoms with Gasteiger partial charge in [0.25, 0.3) is 5.91 Å². The van der Waals surface area contributed by atoms with Crippen LogP contribution in [0.15, 0.2) is 42.7 Å². The maximum atomic E-state index is 12.6. The van der Waals surface area contributed by atoms with Crippen molar-refractivity contribution >= 4 is 11.8 Å². The number of morpholine rings is 1. The van der Waals surface area contributed by atoms with Gasteiger partial charge in [0.2, 0.25) is 5.91 Å². The Bertz CT molecular complexity index is 818. The van der Waals surface area contributed by atoms with Crippen LogP contribution in [0, 0.1) is 0 Å². The number of phenols is 1. The molecule has 0 bridgehead atoms. The molecule has 1 aliphatic heterocycles. The summed E-state index contributed by atoms with van der Waals surface area (Å²) < 4.78 is 7.07. The van der Waals surface area contributed by atoms with E-state index in [1.54, 1.807) is 10.6 Å². The smallest absolute Gasteiger partial charge is 0.255 e. The number of carbonyl (C=O) groups is 2. The van der Waals surface area contributed by atoms with E-state index < -0.39 is 24.5 Å². The predicted molar refractivity (Wildman–Crippen MR) is 106 cm³/mol. The van der Waals surface area contributed by atoms with Crippen molar-refractivity contribution < 1.29 is 24.5 Å². The highest BCUT2D eigenvalue weighted by Crippen LogP contribution is 2.21. The lowest BCUT2D eigenvalue weighted by molar-refractivity contribution is -0.123. The number of ether oxygens (including phenoxy) is 1. The number of hydrogen-bond donors (Lipinski definition) is 4. The maximum absolute atomic E-state index is 12.6. The SMILES string of the molecule is O=C(NC(CO)C(=O)NCCN1CCOCC1)c1cc(-n2cccc2)ccc1O. The van der Waals surface area contributed by atoms with Gasteiger partial charge in [-0.2, -0.15) is 0 Å². The van der Waals surface area contributed by atoms with Crippen molar-refractivity contribution in [2.45, 2.75) is 6.04 Å². The minimum absolute atomic E-state index is 0.0239. The lowest BCUT2D eigenvalue weighted by atomic mass is 10.1. The summed E-state index contributed by atoms with van der Waals surface area (Å²) in [6.45, 7) is 3.50. The second-order valence-corrected chi connectivity index (χ2v) is 6.75. The molecule has 1 aliphatic rings. The summed E-state index contributed by atoms with van der Waals surface area (Å²) in [6, 6.07) is 7.19. The number of amides is 2. The highest BCUT2D eigenvalue weighted by atomic mass is 16.5. The Morgan fingerprint density at radius 3 is 2.59 bits per heavy atom. The van der Waals surface area contributed by atoms with Crippen LogP contribution in [0.25, 0.3) is 5.69 Å². The fraction of sp³-hybridized carbons (Fsp3) is 0.400. The number of hydrogen-bond acceptors (Lipinski definition) is 6. The standard InChI is InChI=1S/C20H26N4O5/c25-14-17(20(28)21-5-8-23-9-11-29-12-10-23)22-19(27)16-13-15(3-4-18(16)26)24-6-1-2-7-24/h1-4,6-7,13,17,25-26H,5,8-12,14H2,(H,21,28)(H,22,27). The fourth-order valence-electron chi connectivity index (χ4n) is 3.09. The molecule has 1 aromatic carbocycles. The van der Waals surface area contributed by atoms with Crippen LogP contribution >= 0.6 is 0 Å². The van der Waals surface area contributed by atoms with E-state index in [1.807, 2.05) is 24.5 Å². The molecule has 0 saturated carbocycles. The monoisotopic (exact) mass is 402 g/mol. The second-order valence-electron chi connectivity index (χ2n) is 6.75. The molecule has 2 heterocycles. The predicted octanol–water partition coefficient (Wildman–Crippen LogP) is -0.278. The first-order valence-electron chi connectivity index (χ1n) is 9.54. The van der Waals surface area contributed by atoms with Gasteiger partial charge in [-0.1, -0.05) is 0 Å². The number of nitrogens with one attached hydrogen (secondary N) is 2. The minimum atomic E-state index is -1.11. The molecular weight excluding hydrogens is 376 g/mol. The van der Waals surface area contributed by atoms with Gasteiger partial charge in [0.05, 0.1) is 25.4 Å². The number of phenolic OH excluding ortho intramolecular Hbond substituents is 1. The summed E-state index contributed by atoms with van der Waals surface area (Å²) in [7, 11) is 0. The molecule has 0 aliphatic carbocycles. The maximum Gasteiger partial charge on any atom is 0.255 e. The molecule has 29 heavy (non-hydrogen) atoms. The summed E-state index contributed by atoms with van der Waals surface area (Å²) in [5.74, 6) is -1.32. The molecule has 1 saturated heterocycles. The van der Waals surface area contributed by atoms with E-state index >= 15 is 0 Å². The van der Waals surface area contributed by atoms with Gasteiger partial charge in [-0.3, -0.25) is 14.5 Å². The molecule has 1 aromatic heterocycles. The lowest BCUT2D eigenvalue weighted by Gasteiger charge is -2.26. The Morgan fingerprint density at radius 1 is 1.17 bits per heavy atom. The fourth-order valence-corrected chi connectivity index (χ4v) is 3.09. The first-order valence-corrected chi connectivity index (χ1v) is 9.54. The van der Waals surface area contributed by atoms with Gasteiger partial charge in [-0.05, 0) is 30.3 Å². The highest BCUT2D eigenvalue weighted by Gasteiger charge is 2.22. The number of benzene rings is 1. The van der Waals surface area contributed by atoms with Gasteiger partial charge < -0.3 is 30.2 Å². The van der Waals surface area contributed by atoms with Crippen LogP contribution in [0.2, 0.25) is 0 Å². The third-order valence-corrected chi connectivity index (χ3v) is 4.76. The van der Waals surface area contributed by atoms with Gasteiger partial charge in [0.15, 0.2) is 0 Å². The largest absolute Gasteiger partial charge is 0.507 e. The summed E-state index contributed by atoms with van der Waals surface area (Å²) in [5.41, 5.74) is 0.712.